The lowest BCUT2D eigenvalue weighted by Gasteiger charge is -2.28. The maximum Gasteiger partial charge on any atom is 0.223 e. The van der Waals surface area contributed by atoms with Crippen LogP contribution in [0.2, 0.25) is 0 Å². The van der Waals surface area contributed by atoms with Crippen molar-refractivity contribution in [1.82, 2.24) is 10.2 Å². The molecule has 0 aromatic heterocycles. The Labute approximate surface area is 93.2 Å². The summed E-state index contributed by atoms with van der Waals surface area (Å²) in [6, 6.07) is 0.488. The van der Waals surface area contributed by atoms with Gasteiger partial charge in [-0.05, 0) is 26.4 Å². The van der Waals surface area contributed by atoms with E-state index >= 15 is 0 Å². The van der Waals surface area contributed by atoms with E-state index in [9.17, 15) is 4.79 Å². The van der Waals surface area contributed by atoms with Crippen molar-refractivity contribution in [3.8, 4) is 0 Å². The van der Waals surface area contributed by atoms with Crippen molar-refractivity contribution in [3.63, 3.8) is 0 Å². The van der Waals surface area contributed by atoms with E-state index in [0.717, 1.165) is 19.4 Å². The number of nitrogens with zero attached hydrogens (tertiary/aromatic N) is 1. The third kappa shape index (κ3) is 5.14. The predicted octanol–water partition coefficient (Wildman–Crippen LogP) is 0.428. The summed E-state index contributed by atoms with van der Waals surface area (Å²) >= 11 is 0. The van der Waals surface area contributed by atoms with Crippen LogP contribution in [0, 0.1) is 5.92 Å². The largest absolute Gasteiger partial charge is 0.359 e. The van der Waals surface area contributed by atoms with Gasteiger partial charge in [-0.15, -0.1) is 0 Å². The summed E-state index contributed by atoms with van der Waals surface area (Å²) in [6.07, 6.45) is 2.07. The standard InChI is InChI=1S/C11H25N3O/c1-5-10(6-7-12)14(4)8-9(2)11(15)13-3/h9-10H,5-8,12H2,1-4H3,(H,13,15). The minimum absolute atomic E-state index is 0.0341. The molecule has 90 valence electrons. The minimum atomic E-state index is 0.0341. The van der Waals surface area contributed by atoms with Gasteiger partial charge in [-0.2, -0.15) is 0 Å². The summed E-state index contributed by atoms with van der Waals surface area (Å²) in [5.74, 6) is 0.135. The summed E-state index contributed by atoms with van der Waals surface area (Å²) in [4.78, 5) is 13.6. The monoisotopic (exact) mass is 215 g/mol. The average Bonchev–Trinajstić information content (AvgIpc) is 2.24. The Morgan fingerprint density at radius 1 is 1.53 bits per heavy atom. The van der Waals surface area contributed by atoms with E-state index in [1.807, 2.05) is 6.92 Å². The lowest BCUT2D eigenvalue weighted by atomic mass is 10.1. The van der Waals surface area contributed by atoms with Crippen LogP contribution in [-0.2, 0) is 4.79 Å². The van der Waals surface area contributed by atoms with Crippen molar-refractivity contribution < 1.29 is 4.79 Å². The lowest BCUT2D eigenvalue weighted by molar-refractivity contribution is -0.124. The molecule has 0 aromatic carbocycles. The molecule has 0 aliphatic carbocycles. The Hall–Kier alpha value is -0.610. The summed E-state index contributed by atoms with van der Waals surface area (Å²) < 4.78 is 0. The number of rotatable bonds is 7. The molecule has 0 saturated heterocycles. The summed E-state index contributed by atoms with van der Waals surface area (Å²) in [6.45, 7) is 5.60. The van der Waals surface area contributed by atoms with Gasteiger partial charge in [-0.3, -0.25) is 4.79 Å². The van der Waals surface area contributed by atoms with Crippen LogP contribution in [0.15, 0.2) is 0 Å². The first-order valence-electron chi connectivity index (χ1n) is 5.68. The highest BCUT2D eigenvalue weighted by Gasteiger charge is 2.18. The van der Waals surface area contributed by atoms with Gasteiger partial charge in [-0.1, -0.05) is 13.8 Å². The third-order valence-corrected chi connectivity index (χ3v) is 2.85. The van der Waals surface area contributed by atoms with Crippen molar-refractivity contribution in [2.45, 2.75) is 32.7 Å². The highest BCUT2D eigenvalue weighted by molar-refractivity contribution is 5.78. The fourth-order valence-electron chi connectivity index (χ4n) is 1.84. The zero-order chi connectivity index (χ0) is 11.8. The molecule has 0 spiro atoms. The molecule has 3 N–H and O–H groups in total. The molecule has 0 fully saturated rings. The predicted molar refractivity (Wildman–Crippen MR) is 63.6 cm³/mol. The molecule has 0 saturated carbocycles. The van der Waals surface area contributed by atoms with Gasteiger partial charge in [0.05, 0.1) is 0 Å². The number of nitrogens with one attached hydrogen (secondary N) is 1. The maximum absolute atomic E-state index is 11.4. The van der Waals surface area contributed by atoms with Crippen LogP contribution in [0.5, 0.6) is 0 Å². The summed E-state index contributed by atoms with van der Waals surface area (Å²) in [5, 5.41) is 2.67. The van der Waals surface area contributed by atoms with Crippen LogP contribution in [-0.4, -0.2) is 44.0 Å². The van der Waals surface area contributed by atoms with Gasteiger partial charge in [-0.25, -0.2) is 0 Å². The molecule has 2 unspecified atom stereocenters. The van der Waals surface area contributed by atoms with Gasteiger partial charge in [0.15, 0.2) is 0 Å². The number of nitrogens with two attached hydrogens (primary N) is 1. The van der Waals surface area contributed by atoms with Gasteiger partial charge in [0.2, 0.25) is 5.91 Å². The van der Waals surface area contributed by atoms with Gasteiger partial charge in [0.1, 0.15) is 0 Å². The smallest absolute Gasteiger partial charge is 0.223 e. The van der Waals surface area contributed by atoms with Gasteiger partial charge in [0.25, 0.3) is 0 Å². The first kappa shape index (κ1) is 14.4. The number of carbonyl (C=O) groups excluding carboxylic acids is 1. The molecule has 0 radical (unpaired) electrons. The molecule has 0 aromatic rings. The Balaban J connectivity index is 4.08. The lowest BCUT2D eigenvalue weighted by Crippen LogP contribution is -2.40. The van der Waals surface area contributed by atoms with E-state index in [0.29, 0.717) is 12.6 Å². The van der Waals surface area contributed by atoms with Crippen molar-refractivity contribution in [3.05, 3.63) is 0 Å². The minimum Gasteiger partial charge on any atom is -0.359 e. The van der Waals surface area contributed by atoms with Crippen molar-refractivity contribution in [2.24, 2.45) is 11.7 Å². The van der Waals surface area contributed by atoms with Crippen molar-refractivity contribution in [1.29, 1.82) is 0 Å². The molecule has 1 amide bonds. The fraction of sp³-hybridized carbons (Fsp3) is 0.909. The molecule has 0 bridgehead atoms. The zero-order valence-corrected chi connectivity index (χ0v) is 10.4. The normalized spacial score (nSPS) is 15.1. The Morgan fingerprint density at radius 3 is 2.53 bits per heavy atom. The molecule has 0 aliphatic rings. The average molecular weight is 215 g/mol. The van der Waals surface area contributed by atoms with Crippen LogP contribution in [0.4, 0.5) is 0 Å². The van der Waals surface area contributed by atoms with E-state index < -0.39 is 0 Å². The SMILES string of the molecule is CCC(CCN)N(C)CC(C)C(=O)NC. The molecule has 2 atom stereocenters. The summed E-state index contributed by atoms with van der Waals surface area (Å²) in [5.41, 5.74) is 5.55. The van der Waals surface area contributed by atoms with E-state index in [-0.39, 0.29) is 11.8 Å². The number of amides is 1. The number of carbonyl (C=O) groups is 1. The molecule has 4 nitrogen and oxygen atoms in total. The number of hydrogen-bond acceptors (Lipinski definition) is 3. The van der Waals surface area contributed by atoms with Gasteiger partial charge >= 0.3 is 0 Å². The van der Waals surface area contributed by atoms with Crippen molar-refractivity contribution >= 4 is 5.91 Å². The maximum atomic E-state index is 11.4. The molecular weight excluding hydrogens is 190 g/mol. The van der Waals surface area contributed by atoms with E-state index in [1.54, 1.807) is 7.05 Å². The second-order valence-electron chi connectivity index (χ2n) is 4.09. The third-order valence-electron chi connectivity index (χ3n) is 2.85. The van der Waals surface area contributed by atoms with E-state index in [2.05, 4.69) is 24.2 Å². The highest BCUT2D eigenvalue weighted by Crippen LogP contribution is 2.08. The Bertz CT molecular complexity index is 185. The molecule has 4 heteroatoms. The first-order valence-corrected chi connectivity index (χ1v) is 5.68. The Kier molecular flexibility index (Phi) is 7.34. The zero-order valence-electron chi connectivity index (χ0n) is 10.4. The topological polar surface area (TPSA) is 58.4 Å². The van der Waals surface area contributed by atoms with E-state index in [1.165, 1.54) is 0 Å². The second kappa shape index (κ2) is 7.65. The number of hydrogen-bond donors (Lipinski definition) is 2. The molecule has 0 aliphatic heterocycles. The quantitative estimate of drug-likeness (QED) is 0.647. The van der Waals surface area contributed by atoms with Crippen LogP contribution >= 0.6 is 0 Å². The van der Waals surface area contributed by atoms with Crippen molar-refractivity contribution in [2.75, 3.05) is 27.2 Å². The van der Waals surface area contributed by atoms with Crippen LogP contribution < -0.4 is 11.1 Å². The van der Waals surface area contributed by atoms with Gasteiger partial charge < -0.3 is 16.0 Å². The van der Waals surface area contributed by atoms with Crippen LogP contribution in [0.1, 0.15) is 26.7 Å². The fourth-order valence-corrected chi connectivity index (χ4v) is 1.84. The van der Waals surface area contributed by atoms with E-state index in [4.69, 9.17) is 5.73 Å². The van der Waals surface area contributed by atoms with Crippen LogP contribution in [0.3, 0.4) is 0 Å². The second-order valence-corrected chi connectivity index (χ2v) is 4.09. The summed E-state index contributed by atoms with van der Waals surface area (Å²) in [7, 11) is 3.74. The van der Waals surface area contributed by atoms with Gasteiger partial charge in [0, 0.05) is 25.6 Å². The first-order chi connectivity index (χ1) is 7.06. The molecule has 0 rings (SSSR count). The van der Waals surface area contributed by atoms with Crippen LogP contribution in [0.25, 0.3) is 0 Å². The Morgan fingerprint density at radius 2 is 2.13 bits per heavy atom. The molecule has 0 heterocycles. The molecular formula is C11H25N3O. The molecule has 15 heavy (non-hydrogen) atoms. The highest BCUT2D eigenvalue weighted by atomic mass is 16.1.